The molecule has 0 unspecified atom stereocenters. The lowest BCUT2D eigenvalue weighted by Gasteiger charge is -2.01. The van der Waals surface area contributed by atoms with Gasteiger partial charge in [0.2, 0.25) is 0 Å². The van der Waals surface area contributed by atoms with Gasteiger partial charge in [-0.1, -0.05) is 35.3 Å². The molecule has 7 nitrogen and oxygen atoms in total. The first kappa shape index (κ1) is 15.4. The molecule has 128 valence electrons. The lowest BCUT2D eigenvalue weighted by Crippen LogP contribution is -2.01. The summed E-state index contributed by atoms with van der Waals surface area (Å²) in [6.45, 7) is 0. The molecule has 26 heavy (non-hydrogen) atoms. The van der Waals surface area contributed by atoms with Crippen molar-refractivity contribution in [2.24, 2.45) is 0 Å². The summed E-state index contributed by atoms with van der Waals surface area (Å²) < 4.78 is 1.60. The third-order valence-electron chi connectivity index (χ3n) is 4.21. The molecule has 0 atom stereocenters. The van der Waals surface area contributed by atoms with Crippen molar-refractivity contribution < 1.29 is 5.11 Å². The van der Waals surface area contributed by atoms with Crippen LogP contribution < -0.4 is 0 Å². The second kappa shape index (κ2) is 5.55. The van der Waals surface area contributed by atoms with Gasteiger partial charge in [0.25, 0.3) is 5.78 Å². The maximum atomic E-state index is 9.42. The van der Waals surface area contributed by atoms with Crippen LogP contribution in [0.3, 0.4) is 0 Å². The van der Waals surface area contributed by atoms with Gasteiger partial charge in [0.05, 0.1) is 15.6 Å². The van der Waals surface area contributed by atoms with Crippen LogP contribution in [0.1, 0.15) is 11.4 Å². The van der Waals surface area contributed by atoms with Crippen LogP contribution in [0.2, 0.25) is 10.0 Å². The van der Waals surface area contributed by atoms with E-state index in [4.69, 9.17) is 23.2 Å². The van der Waals surface area contributed by atoms with Gasteiger partial charge >= 0.3 is 0 Å². The van der Waals surface area contributed by atoms with E-state index in [-0.39, 0.29) is 5.75 Å². The fourth-order valence-electron chi connectivity index (χ4n) is 2.96. The highest BCUT2D eigenvalue weighted by molar-refractivity contribution is 6.42. The normalized spacial score (nSPS) is 11.8. The minimum Gasteiger partial charge on any atom is -0.508 e. The van der Waals surface area contributed by atoms with E-state index in [0.29, 0.717) is 50.1 Å². The van der Waals surface area contributed by atoms with Gasteiger partial charge in [0.1, 0.15) is 11.3 Å². The molecule has 2 N–H and O–H groups in total. The second-order valence-electron chi connectivity index (χ2n) is 5.88. The highest BCUT2D eigenvalue weighted by Gasteiger charge is 2.17. The van der Waals surface area contributed by atoms with Crippen molar-refractivity contribution in [2.75, 3.05) is 0 Å². The summed E-state index contributed by atoms with van der Waals surface area (Å²) in [5.74, 6) is 1.23. The van der Waals surface area contributed by atoms with Crippen molar-refractivity contribution in [3.63, 3.8) is 0 Å². The van der Waals surface area contributed by atoms with Gasteiger partial charge in [-0.15, -0.1) is 10.2 Å². The first-order valence-corrected chi connectivity index (χ1v) is 8.51. The van der Waals surface area contributed by atoms with Crippen LogP contribution in [0, 0.1) is 0 Å². The maximum Gasteiger partial charge on any atom is 0.273 e. The first-order valence-electron chi connectivity index (χ1n) is 7.76. The number of phenols is 1. The van der Waals surface area contributed by atoms with Crippen LogP contribution in [-0.4, -0.2) is 34.9 Å². The van der Waals surface area contributed by atoms with Gasteiger partial charge in [-0.05, 0) is 29.8 Å². The van der Waals surface area contributed by atoms with E-state index in [9.17, 15) is 5.11 Å². The minimum atomic E-state index is 0.215. The molecule has 0 bridgehead atoms. The monoisotopic (exact) mass is 384 g/mol. The summed E-state index contributed by atoms with van der Waals surface area (Å²) in [6, 6.07) is 10.4. The molecule has 3 aromatic heterocycles. The highest BCUT2D eigenvalue weighted by Crippen LogP contribution is 2.33. The molecule has 5 aromatic rings. The summed E-state index contributed by atoms with van der Waals surface area (Å²) in [7, 11) is 0. The van der Waals surface area contributed by atoms with Gasteiger partial charge in [0, 0.05) is 11.8 Å². The third-order valence-corrected chi connectivity index (χ3v) is 4.84. The Balaban J connectivity index is 1.73. The van der Waals surface area contributed by atoms with Crippen molar-refractivity contribution in [1.29, 1.82) is 0 Å². The van der Waals surface area contributed by atoms with Gasteiger partial charge in [-0.3, -0.25) is 0 Å². The van der Waals surface area contributed by atoms with Gasteiger partial charge < -0.3 is 10.1 Å². The number of benzene rings is 2. The Labute approximate surface area is 156 Å². The molecule has 0 aliphatic carbocycles. The van der Waals surface area contributed by atoms with Crippen LogP contribution in [0.15, 0.2) is 36.4 Å². The lowest BCUT2D eigenvalue weighted by atomic mass is 10.1. The van der Waals surface area contributed by atoms with Crippen molar-refractivity contribution in [2.45, 2.75) is 6.42 Å². The predicted octanol–water partition coefficient (Wildman–Crippen LogP) is 3.76. The summed E-state index contributed by atoms with van der Waals surface area (Å²) in [5.41, 5.74) is 2.81. The Morgan fingerprint density at radius 2 is 1.77 bits per heavy atom. The molecule has 2 aromatic carbocycles. The fourth-order valence-corrected chi connectivity index (χ4v) is 3.41. The molecule has 0 aliphatic rings. The van der Waals surface area contributed by atoms with Crippen molar-refractivity contribution in [3.8, 4) is 5.75 Å². The number of halogens is 2. The van der Waals surface area contributed by atoms with E-state index < -0.39 is 0 Å². The van der Waals surface area contributed by atoms with E-state index in [0.717, 1.165) is 5.56 Å². The quantitative estimate of drug-likeness (QED) is 0.483. The van der Waals surface area contributed by atoms with E-state index in [1.54, 1.807) is 28.8 Å². The average Bonchev–Trinajstić information content (AvgIpc) is 3.20. The van der Waals surface area contributed by atoms with E-state index in [1.807, 2.05) is 12.1 Å². The Morgan fingerprint density at radius 3 is 2.58 bits per heavy atom. The Bertz CT molecular complexity index is 1290. The molecule has 5 rings (SSSR count). The fraction of sp³-hybridized carbons (Fsp3) is 0.0588. The lowest BCUT2D eigenvalue weighted by molar-refractivity contribution is 0.475. The predicted molar refractivity (Wildman–Crippen MR) is 98.9 cm³/mol. The highest BCUT2D eigenvalue weighted by atomic mass is 35.5. The van der Waals surface area contributed by atoms with Crippen molar-refractivity contribution in [3.05, 3.63) is 57.8 Å². The number of rotatable bonds is 2. The van der Waals surface area contributed by atoms with E-state index in [1.165, 1.54) is 0 Å². The van der Waals surface area contributed by atoms with Gasteiger partial charge in [-0.25, -0.2) is 0 Å². The first-order chi connectivity index (χ1) is 12.6. The van der Waals surface area contributed by atoms with E-state index in [2.05, 4.69) is 25.3 Å². The molecule has 0 saturated carbocycles. The topological polar surface area (TPSA) is 92.0 Å². The SMILES string of the molecule is Oc1ccc(Cc2nnc3nc4[nH]c5c(Cl)ccc(Cl)c5c4nn23)cc1. The number of fused-ring (bicyclic) bond motifs is 4. The van der Waals surface area contributed by atoms with Crippen LogP contribution in [0.5, 0.6) is 5.75 Å². The molecule has 0 aliphatic heterocycles. The molecule has 9 heteroatoms. The summed E-state index contributed by atoms with van der Waals surface area (Å²) in [6.07, 6.45) is 0.498. The smallest absolute Gasteiger partial charge is 0.273 e. The van der Waals surface area contributed by atoms with Gasteiger partial charge in [0.15, 0.2) is 11.5 Å². The Morgan fingerprint density at radius 1 is 1.00 bits per heavy atom. The number of aromatic hydroxyl groups is 1. The third kappa shape index (κ3) is 2.28. The average molecular weight is 385 g/mol. The molecule has 0 fully saturated rings. The van der Waals surface area contributed by atoms with E-state index >= 15 is 0 Å². The van der Waals surface area contributed by atoms with Crippen LogP contribution in [0.4, 0.5) is 0 Å². The van der Waals surface area contributed by atoms with Crippen LogP contribution in [-0.2, 0) is 6.42 Å². The number of H-pyrrole nitrogens is 1. The van der Waals surface area contributed by atoms with Gasteiger partial charge in [-0.2, -0.15) is 14.6 Å². The summed E-state index contributed by atoms with van der Waals surface area (Å²) in [5, 5.41) is 24.2. The molecule has 3 heterocycles. The van der Waals surface area contributed by atoms with Crippen LogP contribution in [0.25, 0.3) is 27.8 Å². The number of nitrogens with one attached hydrogen (secondary N) is 1. The zero-order valence-corrected chi connectivity index (χ0v) is 14.6. The molecule has 0 radical (unpaired) electrons. The Hall–Kier alpha value is -2.90. The molecular weight excluding hydrogens is 375 g/mol. The number of hydrogen-bond donors (Lipinski definition) is 2. The summed E-state index contributed by atoms with van der Waals surface area (Å²) >= 11 is 12.6. The Kier molecular flexibility index (Phi) is 3.28. The molecule has 0 spiro atoms. The zero-order valence-electron chi connectivity index (χ0n) is 13.1. The number of phenolic OH excluding ortho intramolecular Hbond substituents is 1. The van der Waals surface area contributed by atoms with Crippen molar-refractivity contribution >= 4 is 51.0 Å². The largest absolute Gasteiger partial charge is 0.508 e. The maximum absolute atomic E-state index is 9.42. The number of aromatic amines is 1. The summed E-state index contributed by atoms with van der Waals surface area (Å²) in [4.78, 5) is 7.63. The number of aromatic nitrogens is 6. The van der Waals surface area contributed by atoms with Crippen LogP contribution >= 0.6 is 23.2 Å². The zero-order chi connectivity index (χ0) is 17.8. The molecule has 0 saturated heterocycles. The second-order valence-corrected chi connectivity index (χ2v) is 6.70. The molecular formula is C17H10Cl2N6O. The molecule has 0 amide bonds. The van der Waals surface area contributed by atoms with Crippen molar-refractivity contribution in [1.82, 2.24) is 29.8 Å². The number of hydrogen-bond acceptors (Lipinski definition) is 5. The number of nitrogens with zero attached hydrogens (tertiary/aromatic N) is 5. The minimum absolute atomic E-state index is 0.215. The standard InChI is InChI=1S/C17H10Cl2N6O/c18-10-5-6-11(19)14-13(10)15-16(20-14)21-17-23-22-12(25(17)24-15)7-8-1-3-9(26)4-2-8/h1-6,26H,7H2,(H,20,21,23).